The third kappa shape index (κ3) is 3.30. The number of carbonyl (C=O) groups is 2. The molecule has 0 saturated carbocycles. The Bertz CT molecular complexity index is 377. The Hall–Kier alpha value is -2.04. The summed E-state index contributed by atoms with van der Waals surface area (Å²) in [6.45, 7) is -0.171. The topological polar surface area (TPSA) is 81.4 Å². The van der Waals surface area contributed by atoms with Gasteiger partial charge in [0.15, 0.2) is 0 Å². The van der Waals surface area contributed by atoms with E-state index in [0.29, 0.717) is 11.3 Å². The van der Waals surface area contributed by atoms with Gasteiger partial charge in [-0.05, 0) is 18.2 Å². The maximum Gasteiger partial charge on any atom is 0.251 e. The van der Waals surface area contributed by atoms with Crippen molar-refractivity contribution in [1.82, 2.24) is 5.32 Å². The highest BCUT2D eigenvalue weighted by atomic mass is 16.5. The van der Waals surface area contributed by atoms with E-state index in [9.17, 15) is 9.59 Å². The van der Waals surface area contributed by atoms with Crippen LogP contribution in [0.1, 0.15) is 10.4 Å². The van der Waals surface area contributed by atoms with Crippen molar-refractivity contribution in [2.75, 3.05) is 13.7 Å². The van der Waals surface area contributed by atoms with Gasteiger partial charge in [-0.2, -0.15) is 0 Å². The van der Waals surface area contributed by atoms with Gasteiger partial charge >= 0.3 is 0 Å². The molecule has 5 heteroatoms. The van der Waals surface area contributed by atoms with Crippen LogP contribution in [-0.4, -0.2) is 25.5 Å². The molecule has 0 fully saturated rings. The third-order valence-corrected chi connectivity index (χ3v) is 1.76. The van der Waals surface area contributed by atoms with E-state index in [4.69, 9.17) is 10.5 Å². The standard InChI is InChI=1S/C10H12N2O3/c1-15-8-4-2-3-7(5-8)10(14)12-6-9(11)13/h2-5H,6H2,1H3,(H2,11,13)(H,12,14). The van der Waals surface area contributed by atoms with E-state index in [-0.39, 0.29) is 12.5 Å². The highest BCUT2D eigenvalue weighted by Crippen LogP contribution is 2.11. The fourth-order valence-corrected chi connectivity index (χ4v) is 1.03. The SMILES string of the molecule is COc1cccc(C(=O)NCC(N)=O)c1. The van der Waals surface area contributed by atoms with Crippen molar-refractivity contribution in [3.8, 4) is 5.75 Å². The van der Waals surface area contributed by atoms with E-state index >= 15 is 0 Å². The predicted octanol–water partition coefficient (Wildman–Crippen LogP) is -0.0897. The second-order valence-electron chi connectivity index (χ2n) is 2.88. The van der Waals surface area contributed by atoms with Gasteiger partial charge in [0.25, 0.3) is 5.91 Å². The molecule has 15 heavy (non-hydrogen) atoms. The van der Waals surface area contributed by atoms with Crippen LogP contribution in [0.2, 0.25) is 0 Å². The van der Waals surface area contributed by atoms with Gasteiger partial charge in [-0.15, -0.1) is 0 Å². The number of nitrogens with one attached hydrogen (secondary N) is 1. The van der Waals surface area contributed by atoms with Crippen molar-refractivity contribution < 1.29 is 14.3 Å². The highest BCUT2D eigenvalue weighted by Gasteiger charge is 2.06. The van der Waals surface area contributed by atoms with Crippen molar-refractivity contribution in [1.29, 1.82) is 0 Å². The fourth-order valence-electron chi connectivity index (χ4n) is 1.03. The van der Waals surface area contributed by atoms with Crippen molar-refractivity contribution in [2.24, 2.45) is 5.73 Å². The van der Waals surface area contributed by atoms with Crippen LogP contribution in [0, 0.1) is 0 Å². The average Bonchev–Trinajstić information content (AvgIpc) is 2.26. The van der Waals surface area contributed by atoms with Crippen molar-refractivity contribution in [2.45, 2.75) is 0 Å². The number of benzene rings is 1. The zero-order valence-electron chi connectivity index (χ0n) is 8.32. The molecule has 0 heterocycles. The van der Waals surface area contributed by atoms with Gasteiger partial charge in [0, 0.05) is 5.56 Å². The Morgan fingerprint density at radius 2 is 2.20 bits per heavy atom. The average molecular weight is 208 g/mol. The minimum absolute atomic E-state index is 0.171. The number of hydrogen-bond acceptors (Lipinski definition) is 3. The normalized spacial score (nSPS) is 9.40. The van der Waals surface area contributed by atoms with Gasteiger partial charge in [-0.3, -0.25) is 9.59 Å². The summed E-state index contributed by atoms with van der Waals surface area (Å²) >= 11 is 0. The summed E-state index contributed by atoms with van der Waals surface area (Å²) in [5.41, 5.74) is 5.32. The maximum absolute atomic E-state index is 11.4. The number of carbonyl (C=O) groups excluding carboxylic acids is 2. The van der Waals surface area contributed by atoms with Gasteiger partial charge in [0.1, 0.15) is 5.75 Å². The Balaban J connectivity index is 2.69. The lowest BCUT2D eigenvalue weighted by Crippen LogP contribution is -2.33. The van der Waals surface area contributed by atoms with E-state index in [1.165, 1.54) is 7.11 Å². The summed E-state index contributed by atoms with van der Waals surface area (Å²) in [4.78, 5) is 21.9. The van der Waals surface area contributed by atoms with Crippen LogP contribution < -0.4 is 15.8 Å². The molecule has 0 aliphatic rings. The molecule has 1 rings (SSSR count). The lowest BCUT2D eigenvalue weighted by molar-refractivity contribution is -0.117. The van der Waals surface area contributed by atoms with Crippen LogP contribution in [0.3, 0.4) is 0 Å². The van der Waals surface area contributed by atoms with E-state index in [1.807, 2.05) is 0 Å². The zero-order chi connectivity index (χ0) is 11.3. The first kappa shape index (κ1) is 11.0. The predicted molar refractivity (Wildman–Crippen MR) is 54.5 cm³/mol. The molecule has 0 bridgehead atoms. The van der Waals surface area contributed by atoms with Gasteiger partial charge in [-0.25, -0.2) is 0 Å². The first-order chi connectivity index (χ1) is 7.13. The summed E-state index contributed by atoms with van der Waals surface area (Å²) in [7, 11) is 1.51. The van der Waals surface area contributed by atoms with Gasteiger partial charge in [-0.1, -0.05) is 6.07 Å². The van der Waals surface area contributed by atoms with Crippen molar-refractivity contribution in [3.63, 3.8) is 0 Å². The summed E-state index contributed by atoms with van der Waals surface area (Å²) in [5, 5.41) is 2.38. The second kappa shape index (κ2) is 4.99. The zero-order valence-corrected chi connectivity index (χ0v) is 8.32. The van der Waals surface area contributed by atoms with Crippen LogP contribution >= 0.6 is 0 Å². The molecule has 0 saturated heterocycles. The minimum atomic E-state index is -0.578. The number of amides is 2. The van der Waals surface area contributed by atoms with E-state index < -0.39 is 5.91 Å². The van der Waals surface area contributed by atoms with Gasteiger partial charge in [0.05, 0.1) is 13.7 Å². The molecule has 0 radical (unpaired) electrons. The van der Waals surface area contributed by atoms with Gasteiger partial charge < -0.3 is 15.8 Å². The Kier molecular flexibility index (Phi) is 3.68. The molecule has 0 spiro atoms. The number of ether oxygens (including phenoxy) is 1. The molecule has 0 aliphatic carbocycles. The molecule has 5 nitrogen and oxygen atoms in total. The van der Waals surface area contributed by atoms with Crippen LogP contribution in [0.25, 0.3) is 0 Å². The number of hydrogen-bond donors (Lipinski definition) is 2. The maximum atomic E-state index is 11.4. The fraction of sp³-hybridized carbons (Fsp3) is 0.200. The van der Waals surface area contributed by atoms with E-state index in [0.717, 1.165) is 0 Å². The minimum Gasteiger partial charge on any atom is -0.497 e. The van der Waals surface area contributed by atoms with E-state index in [2.05, 4.69) is 5.32 Å². The molecule has 3 N–H and O–H groups in total. The number of methoxy groups -OCH3 is 1. The summed E-state index contributed by atoms with van der Waals surface area (Å²) in [5.74, 6) is -0.347. The van der Waals surface area contributed by atoms with Crippen LogP contribution in [-0.2, 0) is 4.79 Å². The van der Waals surface area contributed by atoms with E-state index in [1.54, 1.807) is 24.3 Å². The molecule has 1 aromatic carbocycles. The molecule has 2 amide bonds. The Morgan fingerprint density at radius 1 is 1.47 bits per heavy atom. The largest absolute Gasteiger partial charge is 0.497 e. The monoisotopic (exact) mass is 208 g/mol. The molecular formula is C10H12N2O3. The first-order valence-corrected chi connectivity index (χ1v) is 4.34. The smallest absolute Gasteiger partial charge is 0.251 e. The third-order valence-electron chi connectivity index (χ3n) is 1.76. The lowest BCUT2D eigenvalue weighted by Gasteiger charge is -2.04. The molecule has 0 aromatic heterocycles. The lowest BCUT2D eigenvalue weighted by atomic mass is 10.2. The van der Waals surface area contributed by atoms with Gasteiger partial charge in [0.2, 0.25) is 5.91 Å². The molecule has 80 valence electrons. The molecular weight excluding hydrogens is 196 g/mol. The number of rotatable bonds is 4. The van der Waals surface area contributed by atoms with Crippen LogP contribution in [0.15, 0.2) is 24.3 Å². The van der Waals surface area contributed by atoms with Crippen LogP contribution in [0.4, 0.5) is 0 Å². The summed E-state index contributed by atoms with van der Waals surface area (Å²) in [6.07, 6.45) is 0. The highest BCUT2D eigenvalue weighted by molar-refractivity contribution is 5.96. The van der Waals surface area contributed by atoms with Crippen LogP contribution in [0.5, 0.6) is 5.75 Å². The summed E-state index contributed by atoms with van der Waals surface area (Å²) in [6, 6.07) is 6.62. The quantitative estimate of drug-likeness (QED) is 0.725. The Labute approximate surface area is 87.2 Å². The molecule has 0 atom stereocenters. The second-order valence-corrected chi connectivity index (χ2v) is 2.88. The van der Waals surface area contributed by atoms with Crippen molar-refractivity contribution >= 4 is 11.8 Å². The first-order valence-electron chi connectivity index (χ1n) is 4.34. The molecule has 0 aliphatic heterocycles. The van der Waals surface area contributed by atoms with Crippen molar-refractivity contribution in [3.05, 3.63) is 29.8 Å². The number of primary amides is 1. The number of nitrogens with two attached hydrogens (primary N) is 1. The Morgan fingerprint density at radius 3 is 2.80 bits per heavy atom. The summed E-state index contributed by atoms with van der Waals surface area (Å²) < 4.78 is 4.96. The molecule has 1 aromatic rings. The molecule has 0 unspecified atom stereocenters.